The molecule has 0 aliphatic heterocycles. The summed E-state index contributed by atoms with van der Waals surface area (Å²) in [6.45, 7) is 0. The van der Waals surface area contributed by atoms with Crippen molar-refractivity contribution in [2.75, 3.05) is 27.0 Å². The van der Waals surface area contributed by atoms with Crippen LogP contribution in [0.15, 0.2) is 183 Å². The number of hydrogen-bond acceptors (Lipinski definition) is 29. The minimum absolute atomic E-state index is 0.0375. The number of anilines is 9. The van der Waals surface area contributed by atoms with E-state index >= 15 is 0 Å². The number of nitrogens with zero attached hydrogens (tertiary/aromatic N) is 10. The zero-order chi connectivity index (χ0) is 67.8. The Kier molecular flexibility index (Phi) is 16.6. The number of aromatic nitrogens is 6. The first-order chi connectivity index (χ1) is 44.0. The quantitative estimate of drug-likeness (QED) is 0.0281. The Morgan fingerprint density at radius 3 is 1.33 bits per heavy atom. The molecule has 0 radical (unpaired) electrons. The predicted molar refractivity (Wildman–Crippen MR) is 335 cm³/mol. The maximum Gasteiger partial charge on any atom is 0.297 e. The lowest BCUT2D eigenvalue weighted by molar-refractivity contribution is 0.472. The Balaban J connectivity index is 0.848. The zero-order valence-electron chi connectivity index (χ0n) is 46.1. The van der Waals surface area contributed by atoms with Crippen molar-refractivity contribution in [2.45, 2.75) is 29.4 Å². The van der Waals surface area contributed by atoms with Crippen molar-refractivity contribution < 1.29 is 88.0 Å². The summed E-state index contributed by atoms with van der Waals surface area (Å²) < 4.78 is 210. The van der Waals surface area contributed by atoms with E-state index < -0.39 is 129 Å². The van der Waals surface area contributed by atoms with Crippen LogP contribution in [0.4, 0.5) is 75.2 Å². The van der Waals surface area contributed by atoms with Crippen LogP contribution in [-0.4, -0.2) is 118 Å². The van der Waals surface area contributed by atoms with Gasteiger partial charge in [-0.05, 0) is 101 Å². The Hall–Kier alpha value is -10.4. The van der Waals surface area contributed by atoms with Crippen LogP contribution in [0.5, 0.6) is 11.5 Å². The van der Waals surface area contributed by atoms with E-state index in [1.54, 1.807) is 0 Å². The van der Waals surface area contributed by atoms with Crippen LogP contribution in [0.25, 0.3) is 43.1 Å². The molecule has 0 bridgehead atoms. The summed E-state index contributed by atoms with van der Waals surface area (Å²) in [7, 11) is -30.5. The number of nitrogen functional groups attached to an aromatic ring is 1. The minimum Gasteiger partial charge on any atom is -0.505 e. The smallest absolute Gasteiger partial charge is 0.297 e. The van der Waals surface area contributed by atoms with Gasteiger partial charge >= 0.3 is 0 Å². The third-order valence-electron chi connectivity index (χ3n) is 13.3. The Bertz CT molecular complexity index is 5890. The number of rotatable bonds is 18. The van der Waals surface area contributed by atoms with E-state index in [-0.39, 0.29) is 84.5 Å². The number of halogens is 1. The number of azo groups is 2. The number of hydrogen-bond donors (Lipinski definition) is 13. The van der Waals surface area contributed by atoms with Gasteiger partial charge in [0.1, 0.15) is 47.2 Å². The maximum absolute atomic E-state index is 12.8. The molecule has 94 heavy (non-hydrogen) atoms. The Morgan fingerprint density at radius 1 is 0.383 bits per heavy atom. The molecule has 0 unspecified atom stereocenters. The molecule has 14 N–H and O–H groups in total. The molecular formula is C52H36ClN15O20S6. The van der Waals surface area contributed by atoms with Crippen molar-refractivity contribution in [3.63, 3.8) is 0 Å². The summed E-state index contributed by atoms with van der Waals surface area (Å²) in [6.07, 6.45) is 0. The van der Waals surface area contributed by atoms with Crippen molar-refractivity contribution in [3.05, 3.63) is 139 Å². The van der Waals surface area contributed by atoms with Gasteiger partial charge in [-0.2, -0.15) is 80.4 Å². The van der Waals surface area contributed by atoms with Crippen LogP contribution in [0.2, 0.25) is 5.28 Å². The Labute approximate surface area is 532 Å². The van der Waals surface area contributed by atoms with E-state index in [0.29, 0.717) is 11.4 Å². The molecule has 11 aromatic rings. The molecule has 42 heteroatoms. The first kappa shape index (κ1) is 65.1. The molecule has 9 aromatic carbocycles. The highest BCUT2D eigenvalue weighted by Gasteiger charge is 2.29. The van der Waals surface area contributed by atoms with E-state index in [9.17, 15) is 88.0 Å². The molecular weight excluding hydrogens is 1380 g/mol. The molecule has 2 aromatic heterocycles. The number of nitrogens with two attached hydrogens (primary N) is 1. The molecule has 35 nitrogen and oxygen atoms in total. The summed E-state index contributed by atoms with van der Waals surface area (Å²) in [5.41, 5.74) is 3.78. The molecule has 0 atom stereocenters. The Morgan fingerprint density at radius 2 is 0.819 bits per heavy atom. The second-order valence-corrected chi connectivity index (χ2v) is 28.1. The lowest BCUT2D eigenvalue weighted by atomic mass is 10.1. The van der Waals surface area contributed by atoms with Crippen LogP contribution in [0, 0.1) is 0 Å². The largest absolute Gasteiger partial charge is 0.505 e. The van der Waals surface area contributed by atoms with E-state index in [4.69, 9.17) is 17.3 Å². The monoisotopic (exact) mass is 1420 g/mol. The third kappa shape index (κ3) is 13.4. The third-order valence-corrected chi connectivity index (χ3v) is 18.9. The zero-order valence-corrected chi connectivity index (χ0v) is 51.7. The van der Waals surface area contributed by atoms with Crippen LogP contribution in [-0.2, 0) is 60.7 Å². The van der Waals surface area contributed by atoms with Gasteiger partial charge in [-0.15, -0.1) is 20.5 Å². The molecule has 0 spiro atoms. The number of benzene rings is 9. The van der Waals surface area contributed by atoms with Gasteiger partial charge in [0.25, 0.3) is 60.7 Å². The maximum atomic E-state index is 12.8. The second kappa shape index (κ2) is 23.9. The van der Waals surface area contributed by atoms with Crippen LogP contribution in [0.3, 0.4) is 0 Å². The lowest BCUT2D eigenvalue weighted by Gasteiger charge is -2.14. The van der Waals surface area contributed by atoms with Crippen LogP contribution >= 0.6 is 11.6 Å². The first-order valence-electron chi connectivity index (χ1n) is 25.5. The minimum atomic E-state index is -5.30. The van der Waals surface area contributed by atoms with Crippen molar-refractivity contribution in [1.29, 1.82) is 0 Å². The number of nitrogens with one attached hydrogen (secondary N) is 4. The molecule has 11 rings (SSSR count). The highest BCUT2D eigenvalue weighted by molar-refractivity contribution is 7.87. The molecule has 0 saturated carbocycles. The van der Waals surface area contributed by atoms with E-state index in [1.807, 2.05) is 0 Å². The lowest BCUT2D eigenvalue weighted by Crippen LogP contribution is -2.07. The summed E-state index contributed by atoms with van der Waals surface area (Å²) in [5, 5.41) is 47.8. The van der Waals surface area contributed by atoms with Crippen molar-refractivity contribution >= 4 is 191 Å². The molecule has 482 valence electrons. The average molecular weight is 1420 g/mol. The van der Waals surface area contributed by atoms with Gasteiger partial charge in [-0.3, -0.25) is 27.3 Å². The molecule has 2 heterocycles. The highest BCUT2D eigenvalue weighted by atomic mass is 35.5. The summed E-state index contributed by atoms with van der Waals surface area (Å²) in [6, 6.07) is 25.6. The average Bonchev–Trinajstić information content (AvgIpc) is 0.773. The fourth-order valence-electron chi connectivity index (χ4n) is 9.58. The molecule has 0 aliphatic carbocycles. The predicted octanol–water partition coefficient (Wildman–Crippen LogP) is 9.60. The van der Waals surface area contributed by atoms with Crippen LogP contribution in [0.1, 0.15) is 0 Å². The summed E-state index contributed by atoms with van der Waals surface area (Å²) in [4.78, 5) is 19.9. The van der Waals surface area contributed by atoms with Gasteiger partial charge in [-0.25, -0.2) is 0 Å². The topological polar surface area (TPSA) is 568 Å². The molecule has 0 saturated heterocycles. The second-order valence-electron chi connectivity index (χ2n) is 19.4. The fraction of sp³-hybridized carbons (Fsp3) is 0. The van der Waals surface area contributed by atoms with E-state index in [0.717, 1.165) is 84.9 Å². The van der Waals surface area contributed by atoms with E-state index in [1.165, 1.54) is 48.5 Å². The highest BCUT2D eigenvalue weighted by Crippen LogP contribution is 2.47. The van der Waals surface area contributed by atoms with Gasteiger partial charge < -0.3 is 37.2 Å². The molecule has 0 aliphatic rings. The SMILES string of the molecule is Nc1nc(Nc2ccc(Nc3nc(Cl)nc(Nc4cc(S(=O)(=O)O)cc5ccc(N=Nc6ccc7c(S(=O)(=O)O)cccc7c6S(=O)(=O)O)c(O)c45)n3)cc2)nc(Nc2cccc3cc(S(=O)(=O)O)c(N=Nc4ccc5c(S(=O)(=O)O)cccc5c4S(=O)(=O)O)c(O)c23)n1. The van der Waals surface area contributed by atoms with Gasteiger partial charge in [0, 0.05) is 43.7 Å². The van der Waals surface area contributed by atoms with Crippen molar-refractivity contribution in [3.8, 4) is 11.5 Å². The number of phenolic OH excluding ortho intramolecular Hbond substituents is 2. The standard InChI is InChI=1S/C52H36ClN15O20S6/c53-47-59-49(63-51(60-47)58-36-22-27(89(71,72)73)20-24-10-17-33(43(69)41(24)36)65-66-34-18-15-28-30(45(34)93(83,84)85)5-2-8-37(28)90(74,75)76)55-25-11-13-26(14-12-25)56-50-61-48(54)62-52(64-50)57-32-7-1-4-23-21-39(92(80,81)82)42(44(70)40(23)32)68-67-35-19-16-29-31(46(35)94(86,87)88)6-3-9-38(29)91(77,78)79/h1-22,69-70H,(H,71,72,73)(H,74,75,76)(H,77,78,79)(H,80,81,82)(H,83,84,85)(H,86,87,88)(H2,55,58,59,60,63)(H4,54,56,57,61,62,64). The number of aromatic hydroxyl groups is 2. The summed E-state index contributed by atoms with van der Waals surface area (Å²) in [5.74, 6) is -3.07. The fourth-order valence-corrected chi connectivity index (χ4v) is 14.0. The van der Waals surface area contributed by atoms with E-state index in [2.05, 4.69) is 71.6 Å². The van der Waals surface area contributed by atoms with Crippen molar-refractivity contribution in [1.82, 2.24) is 29.9 Å². The van der Waals surface area contributed by atoms with Gasteiger partial charge in [0.15, 0.2) is 11.5 Å². The number of fused-ring (bicyclic) bond motifs is 4. The van der Waals surface area contributed by atoms with Crippen molar-refractivity contribution in [2.24, 2.45) is 20.5 Å². The van der Waals surface area contributed by atoms with Gasteiger partial charge in [0.2, 0.25) is 35.0 Å². The summed E-state index contributed by atoms with van der Waals surface area (Å²) >= 11 is 6.31. The van der Waals surface area contributed by atoms with Gasteiger partial charge in [-0.1, -0.05) is 54.6 Å². The normalized spacial score (nSPS) is 12.8. The van der Waals surface area contributed by atoms with Crippen LogP contribution < -0.4 is 27.0 Å². The van der Waals surface area contributed by atoms with Gasteiger partial charge in [0.05, 0.1) is 16.3 Å². The first-order valence-corrected chi connectivity index (χ1v) is 34.5. The number of phenols is 2. The molecule has 0 fully saturated rings. The molecule has 0 amide bonds.